The monoisotopic (exact) mass is 864 g/mol. The number of fused-ring (bicyclic) bond motifs is 1. The predicted molar refractivity (Wildman–Crippen MR) is 208 cm³/mol. The Hall–Kier alpha value is -5.26. The maximum atomic E-state index is 16.6. The highest BCUT2D eigenvalue weighted by molar-refractivity contribution is 6.36. The minimum Gasteiger partial charge on any atom is -0.482 e. The molecule has 59 heavy (non-hydrogen) atoms. The summed E-state index contributed by atoms with van der Waals surface area (Å²) in [6.45, 7) is -14.1. The predicted octanol–water partition coefficient (Wildman–Crippen LogP) is 6.49. The van der Waals surface area contributed by atoms with Gasteiger partial charge >= 0.3 is 0 Å². The van der Waals surface area contributed by atoms with E-state index in [-0.39, 0.29) is 62.3 Å². The number of piperazine rings is 1. The molecule has 3 fully saturated rings. The highest BCUT2D eigenvalue weighted by atomic mass is 35.5. The average molecular weight is 866 g/mol. The molecule has 310 valence electrons. The number of hydrogen-bond acceptors (Lipinski definition) is 10. The van der Waals surface area contributed by atoms with Gasteiger partial charge in [-0.05, 0) is 63.1 Å². The summed E-state index contributed by atoms with van der Waals surface area (Å²) in [6.07, 6.45) is 4.48. The van der Waals surface area contributed by atoms with Crippen LogP contribution >= 0.6 is 23.2 Å². The van der Waals surface area contributed by atoms with Crippen molar-refractivity contribution in [3.8, 4) is 16.9 Å². The minimum absolute atomic E-state index is 0.0343. The lowest BCUT2D eigenvalue weighted by Crippen LogP contribution is -2.54. The number of amides is 4. The van der Waals surface area contributed by atoms with Crippen LogP contribution in [0.4, 0.5) is 29.1 Å². The number of hydrogen-bond donors (Lipinski definition) is 2. The Labute approximate surface area is 356 Å². The van der Waals surface area contributed by atoms with Gasteiger partial charge in [-0.15, -0.1) is 0 Å². The molecule has 2 atom stereocenters. The third-order valence-electron chi connectivity index (χ3n) is 10.7. The Morgan fingerprint density at radius 3 is 2.32 bits per heavy atom. The molecule has 0 spiro atoms. The fourth-order valence-electron chi connectivity index (χ4n) is 7.68. The molecule has 2 aromatic heterocycles. The van der Waals surface area contributed by atoms with Gasteiger partial charge in [0.05, 0.1) is 33.9 Å². The van der Waals surface area contributed by atoms with E-state index in [1.54, 1.807) is 30.1 Å². The molecule has 4 amide bonds. The Morgan fingerprint density at radius 1 is 0.932 bits per heavy atom. The van der Waals surface area contributed by atoms with E-state index in [4.69, 9.17) is 44.6 Å². The molecule has 13 nitrogen and oxygen atoms in total. The van der Waals surface area contributed by atoms with Gasteiger partial charge in [-0.2, -0.15) is 5.10 Å². The summed E-state index contributed by atoms with van der Waals surface area (Å²) in [4.78, 5) is 55.1. The summed E-state index contributed by atoms with van der Waals surface area (Å²) in [5, 5.41) is 6.35. The fraction of sp³-hybridized carbons (Fsp3) is 0.400. The number of nitrogen functional groups attached to an aromatic ring is 1. The molecule has 4 aromatic rings. The molecule has 1 unspecified atom stereocenters. The molecule has 3 N–H and O–H groups in total. The lowest BCUT2D eigenvalue weighted by Gasteiger charge is -2.39. The second-order valence-corrected chi connectivity index (χ2v) is 15.2. The minimum atomic E-state index is -3.92. The number of carbonyl (C=O) groups is 4. The molecule has 0 radical (unpaired) electrons. The van der Waals surface area contributed by atoms with E-state index in [1.165, 1.54) is 12.3 Å². The second kappa shape index (κ2) is 16.1. The number of benzene rings is 2. The number of pyridine rings is 1. The van der Waals surface area contributed by atoms with Crippen LogP contribution in [0.2, 0.25) is 10.0 Å². The topological polar surface area (TPSA) is 156 Å². The fourth-order valence-corrected chi connectivity index (χ4v) is 8.36. The Morgan fingerprint density at radius 2 is 1.63 bits per heavy atom. The summed E-state index contributed by atoms with van der Waals surface area (Å²) >= 11 is 12.4. The van der Waals surface area contributed by atoms with E-state index < -0.39 is 126 Å². The van der Waals surface area contributed by atoms with Crippen molar-refractivity contribution in [1.82, 2.24) is 29.9 Å². The van der Waals surface area contributed by atoms with Crippen LogP contribution < -0.4 is 20.7 Å². The lowest BCUT2D eigenvalue weighted by atomic mass is 9.85. The molecule has 2 aromatic carbocycles. The molecule has 19 heteroatoms. The first-order chi connectivity index (χ1) is 31.2. The Bertz CT molecular complexity index is 2740. The van der Waals surface area contributed by atoms with Gasteiger partial charge in [0.1, 0.15) is 23.7 Å². The van der Waals surface area contributed by atoms with Crippen LogP contribution in [0.3, 0.4) is 0 Å². The quantitative estimate of drug-likeness (QED) is 0.108. The number of halogens is 6. The number of aromatic nitrogens is 3. The van der Waals surface area contributed by atoms with Crippen molar-refractivity contribution in [3.05, 3.63) is 86.8 Å². The van der Waals surface area contributed by atoms with Gasteiger partial charge in [-0.1, -0.05) is 23.2 Å². The number of anilines is 2. The number of ether oxygens (including phenoxy) is 1. The average Bonchev–Trinajstić information content (AvgIpc) is 3.85. The van der Waals surface area contributed by atoms with Crippen LogP contribution in [-0.4, -0.2) is 86.8 Å². The second-order valence-electron chi connectivity index (χ2n) is 14.4. The Balaban J connectivity index is 0.996. The zero-order valence-corrected chi connectivity index (χ0v) is 32.3. The number of rotatable bonds is 9. The first-order valence-corrected chi connectivity index (χ1v) is 19.1. The summed E-state index contributed by atoms with van der Waals surface area (Å²) in [6, 6.07) is 2.09. The van der Waals surface area contributed by atoms with Crippen molar-refractivity contribution in [3.63, 3.8) is 0 Å². The van der Waals surface area contributed by atoms with E-state index in [1.807, 2.05) is 5.32 Å². The molecule has 1 aliphatic carbocycles. The number of carbonyl (C=O) groups excluding carboxylic acids is 4. The third kappa shape index (κ3) is 7.48. The standard InChI is InChI=1S/C40H38Cl2F4N8O5/c1-19(29-24(41)6-7-25(43)32(29)42)59-27-14-21(15-48-37(27)47)22-16-49-53(18-22)23-4-2-20(3-5-23)17-51-10-12-52(13-11-51)36-34(45)31-30(33(44)35(36)46)39(57)54(40(31)58)26-8-9-28(55)50-38(26)56/h6-7,14-16,18-20,23,26H,2-5,8-13,17H2,1H3,(H2,47,48)(H,50,55,56)/t19-,20?,23?,26?/m1/s1/i10D2,11D2,12D2,13D2. The van der Waals surface area contributed by atoms with Gasteiger partial charge in [0.2, 0.25) is 11.8 Å². The van der Waals surface area contributed by atoms with Crippen LogP contribution in [-0.2, 0) is 9.59 Å². The van der Waals surface area contributed by atoms with Crippen LogP contribution in [0.15, 0.2) is 36.8 Å². The van der Waals surface area contributed by atoms with Crippen molar-refractivity contribution in [2.45, 2.75) is 63.6 Å². The SMILES string of the molecule is [2H]C1([2H])N(CC2CCC(n3cc(-c4cnc(N)c(O[C@H](C)c5c(Cl)ccc(F)c5Cl)c4)cn3)CC2)C([2H])([2H])C([2H])([2H])N(c2c(F)c(F)c3c(c2F)C(=O)N(C2CCC(=O)NC2=O)C3=O)C1([2H])[2H]. The summed E-state index contributed by atoms with van der Waals surface area (Å²) < 4.78 is 142. The molecule has 4 aliphatic rings. The summed E-state index contributed by atoms with van der Waals surface area (Å²) in [5.41, 5.74) is 2.44. The highest BCUT2D eigenvalue weighted by Gasteiger charge is 2.49. The van der Waals surface area contributed by atoms with Crippen LogP contribution in [0, 0.1) is 29.2 Å². The smallest absolute Gasteiger partial charge is 0.265 e. The number of imide groups is 2. The molecule has 5 heterocycles. The molecule has 2 saturated heterocycles. The van der Waals surface area contributed by atoms with E-state index in [2.05, 4.69) is 10.1 Å². The third-order valence-corrected chi connectivity index (χ3v) is 11.5. The van der Waals surface area contributed by atoms with Gasteiger partial charge in [0.25, 0.3) is 11.8 Å². The number of piperidine rings is 1. The summed E-state index contributed by atoms with van der Waals surface area (Å²) in [5.74, 6) is -13.3. The van der Waals surface area contributed by atoms with Gasteiger partial charge in [0.15, 0.2) is 29.0 Å². The number of nitrogens with two attached hydrogens (primary N) is 1. The molecule has 1 saturated carbocycles. The maximum Gasteiger partial charge on any atom is 0.265 e. The van der Waals surface area contributed by atoms with E-state index in [0.29, 0.717) is 24.0 Å². The van der Waals surface area contributed by atoms with Gasteiger partial charge in [0, 0.05) is 78.5 Å². The molecule has 0 bridgehead atoms. The van der Waals surface area contributed by atoms with Crippen LogP contribution in [0.25, 0.3) is 11.1 Å². The van der Waals surface area contributed by atoms with E-state index in [0.717, 1.165) is 6.07 Å². The molecule has 3 aliphatic heterocycles. The molecular formula is C40H38Cl2F4N8O5. The maximum absolute atomic E-state index is 16.6. The van der Waals surface area contributed by atoms with E-state index >= 15 is 13.2 Å². The zero-order chi connectivity index (χ0) is 49.0. The largest absolute Gasteiger partial charge is 0.482 e. The van der Waals surface area contributed by atoms with Crippen molar-refractivity contribution in [1.29, 1.82) is 0 Å². The normalized spacial score (nSPS) is 27.3. The zero-order valence-electron chi connectivity index (χ0n) is 38.8. The van der Waals surface area contributed by atoms with E-state index in [9.17, 15) is 23.6 Å². The van der Waals surface area contributed by atoms with Crippen LogP contribution in [0.1, 0.15) is 94.8 Å². The van der Waals surface area contributed by atoms with Gasteiger partial charge < -0.3 is 15.4 Å². The lowest BCUT2D eigenvalue weighted by molar-refractivity contribution is -0.136. The molecule has 8 rings (SSSR count). The first-order valence-electron chi connectivity index (χ1n) is 22.3. The van der Waals surface area contributed by atoms with Gasteiger partial charge in [-0.25, -0.2) is 22.5 Å². The Kier molecular flexibility index (Phi) is 8.61. The van der Waals surface area contributed by atoms with Crippen molar-refractivity contribution >= 4 is 58.3 Å². The molecular weight excluding hydrogens is 819 g/mol. The van der Waals surface area contributed by atoms with Crippen molar-refractivity contribution in [2.24, 2.45) is 5.92 Å². The van der Waals surface area contributed by atoms with Crippen molar-refractivity contribution in [2.75, 3.05) is 43.2 Å². The van der Waals surface area contributed by atoms with Crippen molar-refractivity contribution < 1.29 is 52.4 Å². The van der Waals surface area contributed by atoms with Crippen LogP contribution in [0.5, 0.6) is 5.75 Å². The van der Waals surface area contributed by atoms with Gasteiger partial charge in [-0.3, -0.25) is 39.0 Å². The number of nitrogens with one attached hydrogen (secondary N) is 1. The highest BCUT2D eigenvalue weighted by Crippen LogP contribution is 2.40. The number of nitrogens with zero attached hydrogens (tertiary/aromatic N) is 6. The summed E-state index contributed by atoms with van der Waals surface area (Å²) in [7, 11) is 0. The first kappa shape index (κ1) is 31.6.